The number of aliphatic hydroxyl groups is 1. The van der Waals surface area contributed by atoms with Crippen molar-refractivity contribution >= 4 is 5.84 Å². The molecule has 1 aliphatic heterocycles. The Bertz CT molecular complexity index is 514. The van der Waals surface area contributed by atoms with Crippen molar-refractivity contribution in [3.05, 3.63) is 35.9 Å². The zero-order chi connectivity index (χ0) is 18.5. The topological polar surface area (TPSA) is 32.6 Å². The minimum Gasteiger partial charge on any atom is -0.390 e. The maximum Gasteiger partial charge on any atom is 0.198 e. The van der Waals surface area contributed by atoms with Gasteiger partial charge in [0.2, 0.25) is 0 Å². The van der Waals surface area contributed by atoms with Gasteiger partial charge >= 0.3 is 0 Å². The molecule has 0 fully saturated rings. The Morgan fingerprint density at radius 1 is 0.923 bits per heavy atom. The van der Waals surface area contributed by atoms with Crippen LogP contribution >= 0.6 is 0 Å². The maximum absolute atomic E-state index is 9.65. The maximum atomic E-state index is 9.65. The fraction of sp³-hybridized carbons (Fsp3) is 0.696. The molecule has 0 amide bonds. The summed E-state index contributed by atoms with van der Waals surface area (Å²) >= 11 is 0. The molecule has 1 aromatic carbocycles. The quantitative estimate of drug-likeness (QED) is 0.353. The number of aliphatic hydroxyl groups excluding tert-OH is 1. The number of benzene rings is 1. The van der Waals surface area contributed by atoms with Crippen LogP contribution in [0, 0.1) is 0 Å². The molecule has 1 aliphatic rings. The van der Waals surface area contributed by atoms with Gasteiger partial charge in [-0.15, -0.1) is 0 Å². The van der Waals surface area contributed by atoms with Crippen molar-refractivity contribution in [1.29, 1.82) is 0 Å². The fourth-order valence-electron chi connectivity index (χ4n) is 4.17. The third-order valence-electron chi connectivity index (χ3n) is 5.73. The summed E-state index contributed by atoms with van der Waals surface area (Å²) < 4.78 is 0.873. The van der Waals surface area contributed by atoms with Gasteiger partial charge in [0.15, 0.2) is 5.84 Å². The highest BCUT2D eigenvalue weighted by Gasteiger charge is 2.37. The molecule has 0 saturated heterocycles. The number of rotatable bonds is 14. The predicted molar refractivity (Wildman–Crippen MR) is 111 cm³/mol. The monoisotopic (exact) mass is 359 g/mol. The number of amidine groups is 1. The van der Waals surface area contributed by atoms with Gasteiger partial charge in [-0.25, -0.2) is 4.99 Å². The molecule has 3 heteroatoms. The number of aliphatic imine (C=N–C) groups is 1. The average molecular weight is 360 g/mol. The molecule has 0 spiro atoms. The molecule has 2 rings (SSSR count). The van der Waals surface area contributed by atoms with Crippen molar-refractivity contribution in [2.24, 2.45) is 4.99 Å². The zero-order valence-corrected chi connectivity index (χ0v) is 16.8. The summed E-state index contributed by atoms with van der Waals surface area (Å²) in [5.74, 6) is 1.32. The number of quaternary nitrogens is 1. The molecule has 1 heterocycles. The van der Waals surface area contributed by atoms with Crippen molar-refractivity contribution in [1.82, 2.24) is 0 Å². The first kappa shape index (κ1) is 21.1. The van der Waals surface area contributed by atoms with Gasteiger partial charge in [0, 0.05) is 12.0 Å². The van der Waals surface area contributed by atoms with E-state index < -0.39 is 0 Å². The third-order valence-corrected chi connectivity index (χ3v) is 5.73. The van der Waals surface area contributed by atoms with E-state index in [1.54, 1.807) is 0 Å². The van der Waals surface area contributed by atoms with E-state index in [0.717, 1.165) is 37.1 Å². The first-order chi connectivity index (χ1) is 12.8. The molecule has 0 saturated carbocycles. The van der Waals surface area contributed by atoms with Gasteiger partial charge in [0.25, 0.3) is 0 Å². The molecule has 1 unspecified atom stereocenters. The van der Waals surface area contributed by atoms with Gasteiger partial charge in [0.05, 0.1) is 13.2 Å². The molecule has 1 aromatic rings. The summed E-state index contributed by atoms with van der Waals surface area (Å²) in [5, 5.41) is 9.65. The van der Waals surface area contributed by atoms with E-state index in [0.29, 0.717) is 0 Å². The normalized spacial score (nSPS) is 19.7. The van der Waals surface area contributed by atoms with Crippen LogP contribution in [0.5, 0.6) is 0 Å². The van der Waals surface area contributed by atoms with E-state index in [4.69, 9.17) is 4.99 Å². The van der Waals surface area contributed by atoms with E-state index in [1.807, 2.05) is 0 Å². The lowest BCUT2D eigenvalue weighted by Crippen LogP contribution is -2.51. The zero-order valence-electron chi connectivity index (χ0n) is 16.8. The molecule has 146 valence electrons. The molecule has 3 nitrogen and oxygen atoms in total. The molecule has 1 atom stereocenters. The van der Waals surface area contributed by atoms with E-state index in [2.05, 4.69) is 37.3 Å². The lowest BCUT2D eigenvalue weighted by Gasteiger charge is -2.34. The largest absolute Gasteiger partial charge is 0.390 e. The van der Waals surface area contributed by atoms with Gasteiger partial charge < -0.3 is 5.11 Å². The van der Waals surface area contributed by atoms with Gasteiger partial charge in [-0.05, 0) is 6.42 Å². The first-order valence-electron chi connectivity index (χ1n) is 10.9. The van der Waals surface area contributed by atoms with Crippen molar-refractivity contribution in [2.45, 2.75) is 77.7 Å². The Morgan fingerprint density at radius 3 is 2.23 bits per heavy atom. The number of hydrogen-bond donors (Lipinski definition) is 1. The summed E-state index contributed by atoms with van der Waals surface area (Å²) in [6.07, 6.45) is 13.4. The van der Waals surface area contributed by atoms with E-state index >= 15 is 0 Å². The Hall–Kier alpha value is -1.19. The molecule has 0 aromatic heterocycles. The average Bonchev–Trinajstić information content (AvgIpc) is 3.03. The van der Waals surface area contributed by atoms with Crippen LogP contribution in [0.15, 0.2) is 35.3 Å². The molecule has 26 heavy (non-hydrogen) atoms. The number of hydrogen-bond acceptors (Lipinski definition) is 2. The van der Waals surface area contributed by atoms with E-state index in [1.165, 1.54) is 69.2 Å². The van der Waals surface area contributed by atoms with Gasteiger partial charge in [-0.2, -0.15) is 0 Å². The minimum absolute atomic E-state index is 0.240. The summed E-state index contributed by atoms with van der Waals surface area (Å²) in [4.78, 5) is 4.85. The second-order valence-electron chi connectivity index (χ2n) is 7.84. The Kier molecular flexibility index (Phi) is 9.94. The van der Waals surface area contributed by atoms with Gasteiger partial charge in [-0.1, -0.05) is 88.6 Å². The van der Waals surface area contributed by atoms with Crippen LogP contribution in [0.3, 0.4) is 0 Å². The van der Waals surface area contributed by atoms with Crippen molar-refractivity contribution in [2.75, 3.05) is 26.2 Å². The van der Waals surface area contributed by atoms with Crippen LogP contribution in [-0.4, -0.2) is 41.7 Å². The van der Waals surface area contributed by atoms with Crippen LogP contribution < -0.4 is 0 Å². The summed E-state index contributed by atoms with van der Waals surface area (Å²) in [6, 6.07) is 10.7. The standard InChI is InChI=1S/C23H39N2O/c1-2-3-4-5-6-7-8-9-13-16-23-24-17-18-25(23,19-20-26)21-22-14-11-10-12-15-22/h10-12,14-15,26H,2-9,13,16-21H2,1H3/q+1. The lowest BCUT2D eigenvalue weighted by molar-refractivity contribution is -0.850. The SMILES string of the molecule is CCCCCCCCCCCC1=NCC[N+]1(CCO)Cc1ccccc1. The van der Waals surface area contributed by atoms with Crippen molar-refractivity contribution in [3.63, 3.8) is 0 Å². The second-order valence-corrected chi connectivity index (χ2v) is 7.84. The highest BCUT2D eigenvalue weighted by molar-refractivity contribution is 5.76. The van der Waals surface area contributed by atoms with Crippen LogP contribution in [0.25, 0.3) is 0 Å². The van der Waals surface area contributed by atoms with Crippen molar-refractivity contribution < 1.29 is 9.59 Å². The van der Waals surface area contributed by atoms with Crippen LogP contribution in [-0.2, 0) is 6.54 Å². The lowest BCUT2D eigenvalue weighted by atomic mass is 10.1. The second kappa shape index (κ2) is 12.2. The Morgan fingerprint density at radius 2 is 1.58 bits per heavy atom. The number of unbranched alkanes of at least 4 members (excludes halogenated alkanes) is 8. The molecule has 0 radical (unpaired) electrons. The highest BCUT2D eigenvalue weighted by atomic mass is 16.3. The molecular weight excluding hydrogens is 320 g/mol. The summed E-state index contributed by atoms with van der Waals surface area (Å²) in [7, 11) is 0. The third kappa shape index (κ3) is 6.85. The highest BCUT2D eigenvalue weighted by Crippen LogP contribution is 2.24. The molecule has 0 aliphatic carbocycles. The van der Waals surface area contributed by atoms with Crippen LogP contribution in [0.4, 0.5) is 0 Å². The van der Waals surface area contributed by atoms with Crippen molar-refractivity contribution in [3.8, 4) is 0 Å². The van der Waals surface area contributed by atoms with Gasteiger partial charge in [0.1, 0.15) is 19.6 Å². The van der Waals surface area contributed by atoms with Crippen LogP contribution in [0.2, 0.25) is 0 Å². The molecular formula is C23H39N2O+. The molecule has 0 bridgehead atoms. The first-order valence-corrected chi connectivity index (χ1v) is 10.9. The van der Waals surface area contributed by atoms with Crippen LogP contribution in [0.1, 0.15) is 76.7 Å². The Balaban J connectivity index is 1.74. The van der Waals surface area contributed by atoms with E-state index in [9.17, 15) is 5.11 Å². The summed E-state index contributed by atoms with van der Waals surface area (Å²) in [5.41, 5.74) is 1.35. The minimum atomic E-state index is 0.240. The van der Waals surface area contributed by atoms with Gasteiger partial charge in [-0.3, -0.25) is 4.48 Å². The summed E-state index contributed by atoms with van der Waals surface area (Å²) in [6.45, 7) is 6.24. The predicted octanol–water partition coefficient (Wildman–Crippen LogP) is 5.33. The number of nitrogens with zero attached hydrogens (tertiary/aromatic N) is 2. The van der Waals surface area contributed by atoms with E-state index in [-0.39, 0.29) is 6.61 Å². The smallest absolute Gasteiger partial charge is 0.198 e. The molecule has 1 N–H and O–H groups in total. The fourth-order valence-corrected chi connectivity index (χ4v) is 4.17. The Labute approximate surface area is 160 Å².